The van der Waals surface area contributed by atoms with Gasteiger partial charge in [-0.3, -0.25) is 4.79 Å². The monoisotopic (exact) mass is 349 g/mol. The van der Waals surface area contributed by atoms with Crippen molar-refractivity contribution in [1.29, 1.82) is 0 Å². The summed E-state index contributed by atoms with van der Waals surface area (Å²) in [6.07, 6.45) is 3.27. The van der Waals surface area contributed by atoms with E-state index in [0.717, 1.165) is 28.8 Å². The second kappa shape index (κ2) is 6.20. The number of nitrogens with one attached hydrogen (secondary N) is 1. The van der Waals surface area contributed by atoms with Crippen LogP contribution in [-0.4, -0.2) is 16.0 Å². The Morgan fingerprint density at radius 1 is 1.08 bits per heavy atom. The van der Waals surface area contributed by atoms with E-state index >= 15 is 0 Å². The SMILES string of the molecule is CC1=CC2CC(Nc3ccccc3C)c3ccc(O)c(O)c3C2CC1=O. The Hall–Kier alpha value is -2.75. The van der Waals surface area contributed by atoms with Crippen LogP contribution in [-0.2, 0) is 4.79 Å². The predicted octanol–water partition coefficient (Wildman–Crippen LogP) is 4.58. The molecular formula is C22H23NO3. The highest BCUT2D eigenvalue weighted by atomic mass is 16.3. The van der Waals surface area contributed by atoms with Crippen molar-refractivity contribution in [3.05, 3.63) is 64.7 Å². The largest absolute Gasteiger partial charge is 0.504 e. The zero-order valence-corrected chi connectivity index (χ0v) is 15.0. The van der Waals surface area contributed by atoms with Crippen LogP contribution in [0.15, 0.2) is 48.0 Å². The molecular weight excluding hydrogens is 326 g/mol. The molecule has 0 saturated heterocycles. The van der Waals surface area contributed by atoms with Crippen molar-refractivity contribution >= 4 is 11.5 Å². The number of para-hydroxylation sites is 1. The van der Waals surface area contributed by atoms with Crippen LogP contribution in [0.5, 0.6) is 11.5 Å². The lowest BCUT2D eigenvalue weighted by Crippen LogP contribution is -2.31. The zero-order valence-electron chi connectivity index (χ0n) is 15.0. The lowest BCUT2D eigenvalue weighted by atomic mass is 9.67. The number of carbonyl (C=O) groups is 1. The molecule has 26 heavy (non-hydrogen) atoms. The fourth-order valence-corrected chi connectivity index (χ4v) is 4.35. The average molecular weight is 349 g/mol. The lowest BCUT2D eigenvalue weighted by Gasteiger charge is -2.40. The van der Waals surface area contributed by atoms with Gasteiger partial charge < -0.3 is 15.5 Å². The molecule has 0 aromatic heterocycles. The fourth-order valence-electron chi connectivity index (χ4n) is 4.35. The van der Waals surface area contributed by atoms with Crippen LogP contribution in [0, 0.1) is 12.8 Å². The number of ketones is 1. The van der Waals surface area contributed by atoms with Crippen molar-refractivity contribution in [2.24, 2.45) is 5.92 Å². The molecule has 3 N–H and O–H groups in total. The van der Waals surface area contributed by atoms with Crippen LogP contribution in [0.2, 0.25) is 0 Å². The first-order chi connectivity index (χ1) is 12.5. The van der Waals surface area contributed by atoms with E-state index in [0.29, 0.717) is 12.0 Å². The van der Waals surface area contributed by atoms with Gasteiger partial charge in [0.05, 0.1) is 6.04 Å². The van der Waals surface area contributed by atoms with Gasteiger partial charge in [-0.25, -0.2) is 0 Å². The number of allylic oxidation sites excluding steroid dienone is 2. The number of hydrogen-bond acceptors (Lipinski definition) is 4. The number of benzene rings is 2. The highest BCUT2D eigenvalue weighted by molar-refractivity contribution is 5.96. The van der Waals surface area contributed by atoms with Gasteiger partial charge >= 0.3 is 0 Å². The highest BCUT2D eigenvalue weighted by Crippen LogP contribution is 2.52. The number of fused-ring (bicyclic) bond motifs is 3. The van der Waals surface area contributed by atoms with Crippen molar-refractivity contribution < 1.29 is 15.0 Å². The number of hydrogen-bond donors (Lipinski definition) is 3. The van der Waals surface area contributed by atoms with Crippen molar-refractivity contribution in [1.82, 2.24) is 0 Å². The summed E-state index contributed by atoms with van der Waals surface area (Å²) >= 11 is 0. The maximum absolute atomic E-state index is 12.2. The van der Waals surface area contributed by atoms with E-state index in [4.69, 9.17) is 0 Å². The van der Waals surface area contributed by atoms with Gasteiger partial charge in [0.15, 0.2) is 17.3 Å². The summed E-state index contributed by atoms with van der Waals surface area (Å²) in [5.41, 5.74) is 4.69. The first-order valence-corrected chi connectivity index (χ1v) is 9.04. The number of aryl methyl sites for hydroxylation is 1. The molecule has 0 aliphatic heterocycles. The number of Topliss-reactive ketones (excluding diaryl/α,β-unsaturated/α-hetero) is 1. The van der Waals surface area contributed by atoms with Gasteiger partial charge in [0, 0.05) is 23.6 Å². The summed E-state index contributed by atoms with van der Waals surface area (Å²) in [6, 6.07) is 11.5. The lowest BCUT2D eigenvalue weighted by molar-refractivity contribution is -0.116. The molecule has 3 atom stereocenters. The molecule has 3 unspecified atom stereocenters. The van der Waals surface area contributed by atoms with E-state index in [9.17, 15) is 15.0 Å². The molecule has 0 amide bonds. The van der Waals surface area contributed by atoms with Gasteiger partial charge in [0.1, 0.15) is 0 Å². The Morgan fingerprint density at radius 3 is 2.62 bits per heavy atom. The van der Waals surface area contributed by atoms with Gasteiger partial charge in [-0.15, -0.1) is 0 Å². The normalized spacial score (nSPS) is 24.5. The Balaban J connectivity index is 1.81. The maximum Gasteiger partial charge on any atom is 0.161 e. The molecule has 2 aromatic rings. The van der Waals surface area contributed by atoms with E-state index in [-0.39, 0.29) is 35.2 Å². The van der Waals surface area contributed by atoms with Crippen molar-refractivity contribution in [2.75, 3.05) is 5.32 Å². The Morgan fingerprint density at radius 2 is 1.85 bits per heavy atom. The number of carbonyl (C=O) groups excluding carboxylic acids is 1. The van der Waals surface area contributed by atoms with E-state index in [1.54, 1.807) is 0 Å². The third-order valence-corrected chi connectivity index (χ3v) is 5.78. The van der Waals surface area contributed by atoms with Crippen LogP contribution in [0.1, 0.15) is 48.4 Å². The van der Waals surface area contributed by atoms with Gasteiger partial charge in [0.25, 0.3) is 0 Å². The molecule has 0 bridgehead atoms. The Labute approximate surface area is 153 Å². The summed E-state index contributed by atoms with van der Waals surface area (Å²) in [4.78, 5) is 12.2. The molecule has 0 fully saturated rings. The topological polar surface area (TPSA) is 69.6 Å². The van der Waals surface area contributed by atoms with Crippen LogP contribution in [0.3, 0.4) is 0 Å². The molecule has 0 radical (unpaired) electrons. The molecule has 4 rings (SSSR count). The predicted molar refractivity (Wildman–Crippen MR) is 102 cm³/mol. The molecule has 4 nitrogen and oxygen atoms in total. The average Bonchev–Trinajstić information content (AvgIpc) is 2.61. The summed E-state index contributed by atoms with van der Waals surface area (Å²) in [7, 11) is 0. The molecule has 2 aromatic carbocycles. The summed E-state index contributed by atoms with van der Waals surface area (Å²) in [5.74, 6) is -0.0183. The summed E-state index contributed by atoms with van der Waals surface area (Å²) in [6.45, 7) is 3.92. The van der Waals surface area contributed by atoms with Gasteiger partial charge in [0.2, 0.25) is 0 Å². The first-order valence-electron chi connectivity index (χ1n) is 9.04. The van der Waals surface area contributed by atoms with Crippen molar-refractivity contribution in [3.63, 3.8) is 0 Å². The van der Waals surface area contributed by atoms with Gasteiger partial charge in [-0.05, 0) is 55.0 Å². The zero-order chi connectivity index (χ0) is 18.4. The third kappa shape index (κ3) is 2.66. The quantitative estimate of drug-likeness (QED) is 0.694. The molecule has 4 heteroatoms. The van der Waals surface area contributed by atoms with E-state index < -0.39 is 0 Å². The molecule has 0 spiro atoms. The van der Waals surface area contributed by atoms with Crippen LogP contribution < -0.4 is 5.32 Å². The minimum atomic E-state index is -0.127. The molecule has 0 saturated carbocycles. The smallest absolute Gasteiger partial charge is 0.161 e. The maximum atomic E-state index is 12.2. The Bertz CT molecular complexity index is 916. The molecule has 2 aliphatic carbocycles. The standard InChI is InChI=1S/C22H23NO3/c1-12-5-3-4-6-17(12)23-18-10-14-9-13(2)20(25)11-16(14)21-15(18)7-8-19(24)22(21)26/h3-9,14,16,18,23-24,26H,10-11H2,1-2H3. The highest BCUT2D eigenvalue weighted by Gasteiger charge is 2.40. The van der Waals surface area contributed by atoms with Gasteiger partial charge in [-0.1, -0.05) is 30.3 Å². The number of phenolic OH excluding ortho intramolecular Hbond substituents is 2. The molecule has 2 aliphatic rings. The first kappa shape index (κ1) is 16.7. The van der Waals surface area contributed by atoms with Gasteiger partial charge in [-0.2, -0.15) is 0 Å². The van der Waals surface area contributed by atoms with Crippen molar-refractivity contribution in [3.8, 4) is 11.5 Å². The van der Waals surface area contributed by atoms with Crippen LogP contribution in [0.4, 0.5) is 5.69 Å². The number of aromatic hydroxyl groups is 2. The minimum absolute atomic E-state index is 0.0103. The van der Waals surface area contributed by atoms with Crippen LogP contribution >= 0.6 is 0 Å². The molecule has 0 heterocycles. The third-order valence-electron chi connectivity index (χ3n) is 5.78. The number of phenols is 2. The second-order valence-corrected chi connectivity index (χ2v) is 7.43. The van der Waals surface area contributed by atoms with Crippen LogP contribution in [0.25, 0.3) is 0 Å². The number of anilines is 1. The summed E-state index contributed by atoms with van der Waals surface area (Å²) < 4.78 is 0. The van der Waals surface area contributed by atoms with Crippen molar-refractivity contribution in [2.45, 2.75) is 38.6 Å². The van der Waals surface area contributed by atoms with E-state index in [1.165, 1.54) is 6.07 Å². The fraction of sp³-hybridized carbons (Fsp3) is 0.318. The molecule has 134 valence electrons. The number of rotatable bonds is 2. The van der Waals surface area contributed by atoms with E-state index in [2.05, 4.69) is 18.3 Å². The summed E-state index contributed by atoms with van der Waals surface area (Å²) in [5, 5.41) is 24.2. The Kier molecular flexibility index (Phi) is 3.98. The van der Waals surface area contributed by atoms with E-state index in [1.807, 2.05) is 37.3 Å². The second-order valence-electron chi connectivity index (χ2n) is 7.43. The minimum Gasteiger partial charge on any atom is -0.504 e.